The molecule has 0 aliphatic carbocycles. The van der Waals surface area contributed by atoms with Gasteiger partial charge in [-0.1, -0.05) is 6.07 Å². The fourth-order valence-corrected chi connectivity index (χ4v) is 3.96. The molecule has 1 N–H and O–H groups in total. The number of rotatable bonds is 6. The van der Waals surface area contributed by atoms with E-state index in [1.54, 1.807) is 17.3 Å². The van der Waals surface area contributed by atoms with Crippen molar-refractivity contribution in [2.24, 2.45) is 0 Å². The number of aromatic nitrogens is 3. The lowest BCUT2D eigenvalue weighted by Gasteiger charge is -2.33. The van der Waals surface area contributed by atoms with Crippen LogP contribution < -0.4 is 9.64 Å². The van der Waals surface area contributed by atoms with Crippen molar-refractivity contribution >= 4 is 49.6 Å². The number of carbonyl (C=O) groups excluding carboxylic acids is 1. The number of anilines is 1. The first kappa shape index (κ1) is 28.6. The molecule has 2 aromatic heterocycles. The summed E-state index contributed by atoms with van der Waals surface area (Å²) in [6, 6.07) is 8.09. The minimum absolute atomic E-state index is 0. The molecule has 1 saturated heterocycles. The summed E-state index contributed by atoms with van der Waals surface area (Å²) >= 11 is 0. The molecule has 0 unspecified atom stereocenters. The number of aryl methyl sites for hydroxylation is 1. The summed E-state index contributed by atoms with van der Waals surface area (Å²) in [6.07, 6.45) is 1.87. The standard InChI is InChI=1S/C24H29N5O4.2H2S/c1-15-11-17(5-6-21(15)28(3)4)19-12-20-22(26-8-7-25-20)23(27-19)33-14-18-13-29(9-10-32-18)24(31)16(2)30;;/h5-8,11-12,16,18,30H,9-10,13-14H2,1-4H3;2*1H2/t16-,18-;;/m0../s1. The number of aliphatic hydroxyl groups is 1. The van der Waals surface area contributed by atoms with Crippen LogP contribution in [0.25, 0.3) is 22.3 Å². The molecule has 1 aromatic carbocycles. The molecule has 0 spiro atoms. The van der Waals surface area contributed by atoms with Gasteiger partial charge in [-0.3, -0.25) is 9.78 Å². The first-order valence-electron chi connectivity index (χ1n) is 10.9. The second kappa shape index (κ2) is 12.4. The first-order valence-corrected chi connectivity index (χ1v) is 10.9. The average molecular weight is 520 g/mol. The predicted octanol–water partition coefficient (Wildman–Crippen LogP) is 2.28. The van der Waals surface area contributed by atoms with Crippen molar-refractivity contribution in [2.75, 3.05) is 45.3 Å². The number of nitrogens with zero attached hydrogens (tertiary/aromatic N) is 5. The molecular weight excluding hydrogens is 486 g/mol. The Bertz CT molecular complexity index is 1160. The number of pyridine rings is 1. The van der Waals surface area contributed by atoms with Gasteiger partial charge < -0.3 is 24.4 Å². The molecule has 3 aromatic rings. The Kier molecular flexibility index (Phi) is 10.1. The molecule has 0 saturated carbocycles. The quantitative estimate of drug-likeness (QED) is 0.529. The van der Waals surface area contributed by atoms with Crippen molar-refractivity contribution in [3.05, 3.63) is 42.2 Å². The number of benzene rings is 1. The van der Waals surface area contributed by atoms with E-state index in [1.165, 1.54) is 6.92 Å². The summed E-state index contributed by atoms with van der Waals surface area (Å²) in [4.78, 5) is 29.4. The molecule has 1 amide bonds. The zero-order chi connectivity index (χ0) is 23.5. The fraction of sp³-hybridized carbons (Fsp3) is 0.417. The van der Waals surface area contributed by atoms with Gasteiger partial charge in [0.25, 0.3) is 5.91 Å². The molecule has 3 heterocycles. The molecule has 1 aliphatic heterocycles. The van der Waals surface area contributed by atoms with E-state index in [1.807, 2.05) is 26.2 Å². The van der Waals surface area contributed by atoms with Gasteiger partial charge in [-0.2, -0.15) is 27.0 Å². The maximum absolute atomic E-state index is 12.1. The van der Waals surface area contributed by atoms with Gasteiger partial charge in [0, 0.05) is 44.3 Å². The number of amides is 1. The molecular formula is C24H33N5O4S2. The Morgan fingerprint density at radius 2 is 2.00 bits per heavy atom. The van der Waals surface area contributed by atoms with Crippen LogP contribution in [0.3, 0.4) is 0 Å². The van der Waals surface area contributed by atoms with Gasteiger partial charge in [-0.05, 0) is 37.6 Å². The van der Waals surface area contributed by atoms with E-state index in [0.29, 0.717) is 36.6 Å². The smallest absolute Gasteiger partial charge is 0.251 e. The monoisotopic (exact) mass is 519 g/mol. The molecule has 4 rings (SSSR count). The second-order valence-electron chi connectivity index (χ2n) is 8.40. The summed E-state index contributed by atoms with van der Waals surface area (Å²) in [7, 11) is 4.03. The minimum atomic E-state index is -1.04. The molecule has 35 heavy (non-hydrogen) atoms. The Morgan fingerprint density at radius 1 is 1.26 bits per heavy atom. The Balaban J connectivity index is 0.00000216. The van der Waals surface area contributed by atoms with E-state index < -0.39 is 6.10 Å². The third-order valence-electron chi connectivity index (χ3n) is 5.61. The highest BCUT2D eigenvalue weighted by atomic mass is 32.1. The molecule has 9 nitrogen and oxygen atoms in total. The molecule has 190 valence electrons. The number of morpholine rings is 1. The predicted molar refractivity (Wildman–Crippen MR) is 146 cm³/mol. The van der Waals surface area contributed by atoms with Gasteiger partial charge in [-0.15, -0.1) is 0 Å². The number of aliphatic hydroxyl groups excluding tert-OH is 1. The molecule has 11 heteroatoms. The number of carbonyl (C=O) groups is 1. The Hall–Kier alpha value is -2.60. The zero-order valence-corrected chi connectivity index (χ0v) is 22.4. The van der Waals surface area contributed by atoms with Crippen molar-refractivity contribution in [1.82, 2.24) is 19.9 Å². The van der Waals surface area contributed by atoms with Crippen molar-refractivity contribution in [2.45, 2.75) is 26.1 Å². The first-order chi connectivity index (χ1) is 15.8. The van der Waals surface area contributed by atoms with E-state index >= 15 is 0 Å². The van der Waals surface area contributed by atoms with Gasteiger partial charge in [0.15, 0.2) is 5.52 Å². The van der Waals surface area contributed by atoms with Crippen LogP contribution in [0.2, 0.25) is 0 Å². The lowest BCUT2D eigenvalue weighted by atomic mass is 10.1. The van der Waals surface area contributed by atoms with E-state index in [-0.39, 0.29) is 45.6 Å². The van der Waals surface area contributed by atoms with E-state index in [0.717, 1.165) is 22.5 Å². The average Bonchev–Trinajstić information content (AvgIpc) is 2.81. The lowest BCUT2D eigenvalue weighted by molar-refractivity contribution is -0.147. The molecule has 0 radical (unpaired) electrons. The maximum Gasteiger partial charge on any atom is 0.251 e. The third kappa shape index (κ3) is 6.54. The van der Waals surface area contributed by atoms with Crippen LogP contribution in [-0.4, -0.2) is 83.5 Å². The number of hydrogen-bond acceptors (Lipinski definition) is 8. The van der Waals surface area contributed by atoms with Crippen LogP contribution in [-0.2, 0) is 9.53 Å². The van der Waals surface area contributed by atoms with Gasteiger partial charge in [0.05, 0.1) is 24.4 Å². The summed E-state index contributed by atoms with van der Waals surface area (Å²) in [5, 5.41) is 9.60. The van der Waals surface area contributed by atoms with Crippen LogP contribution in [0.1, 0.15) is 12.5 Å². The largest absolute Gasteiger partial charge is 0.473 e. The number of fused-ring (bicyclic) bond motifs is 1. The summed E-state index contributed by atoms with van der Waals surface area (Å²) in [6.45, 7) is 4.92. The summed E-state index contributed by atoms with van der Waals surface area (Å²) in [5.41, 5.74) is 5.22. The fourth-order valence-electron chi connectivity index (χ4n) is 3.96. The van der Waals surface area contributed by atoms with E-state index in [2.05, 4.69) is 33.9 Å². The number of hydrogen-bond donors (Lipinski definition) is 1. The van der Waals surface area contributed by atoms with Crippen molar-refractivity contribution < 1.29 is 19.4 Å². The van der Waals surface area contributed by atoms with Gasteiger partial charge in [0.1, 0.15) is 18.8 Å². The molecule has 1 aliphatic rings. The SMILES string of the molecule is Cc1cc(-c2cc3nccnc3c(OC[C@@H]3CN(C(=O)[C@H](C)O)CCO3)n2)ccc1N(C)C.S.S. The zero-order valence-electron chi connectivity index (χ0n) is 20.4. The van der Waals surface area contributed by atoms with Crippen molar-refractivity contribution in [3.8, 4) is 17.1 Å². The lowest BCUT2D eigenvalue weighted by Crippen LogP contribution is -2.50. The highest BCUT2D eigenvalue weighted by molar-refractivity contribution is 7.59. The number of ether oxygens (including phenoxy) is 2. The van der Waals surface area contributed by atoms with E-state index in [9.17, 15) is 9.90 Å². The van der Waals surface area contributed by atoms with Gasteiger partial charge >= 0.3 is 0 Å². The van der Waals surface area contributed by atoms with Crippen LogP contribution in [0.5, 0.6) is 5.88 Å². The highest BCUT2D eigenvalue weighted by Crippen LogP contribution is 2.30. The van der Waals surface area contributed by atoms with Crippen molar-refractivity contribution in [1.29, 1.82) is 0 Å². The molecule has 2 atom stereocenters. The van der Waals surface area contributed by atoms with Crippen LogP contribution >= 0.6 is 27.0 Å². The van der Waals surface area contributed by atoms with Gasteiger partial charge in [0.2, 0.25) is 5.88 Å². The van der Waals surface area contributed by atoms with Crippen LogP contribution in [0.15, 0.2) is 36.7 Å². The molecule has 1 fully saturated rings. The van der Waals surface area contributed by atoms with Crippen LogP contribution in [0.4, 0.5) is 5.69 Å². The third-order valence-corrected chi connectivity index (χ3v) is 5.61. The van der Waals surface area contributed by atoms with Gasteiger partial charge in [-0.25, -0.2) is 9.97 Å². The Morgan fingerprint density at radius 3 is 2.69 bits per heavy atom. The normalized spacial score (nSPS) is 16.1. The highest BCUT2D eigenvalue weighted by Gasteiger charge is 2.27. The topological polar surface area (TPSA) is 101 Å². The van der Waals surface area contributed by atoms with Crippen LogP contribution in [0, 0.1) is 6.92 Å². The second-order valence-corrected chi connectivity index (χ2v) is 8.40. The molecule has 0 bridgehead atoms. The van der Waals surface area contributed by atoms with E-state index in [4.69, 9.17) is 14.5 Å². The summed E-state index contributed by atoms with van der Waals surface area (Å²) < 4.78 is 11.8. The maximum atomic E-state index is 12.1. The summed E-state index contributed by atoms with van der Waals surface area (Å²) in [5.74, 6) is 0.0591. The Labute approximate surface area is 219 Å². The minimum Gasteiger partial charge on any atom is -0.473 e. The van der Waals surface area contributed by atoms with Crippen molar-refractivity contribution in [3.63, 3.8) is 0 Å².